The predicted molar refractivity (Wildman–Crippen MR) is 111 cm³/mol. The fourth-order valence-electron chi connectivity index (χ4n) is 0.405. The van der Waals surface area contributed by atoms with Gasteiger partial charge in [-0.15, -0.1) is 0 Å². The van der Waals surface area contributed by atoms with Crippen molar-refractivity contribution >= 4 is 48.3 Å². The highest BCUT2D eigenvalue weighted by atomic mass is 16.6. The summed E-state index contributed by atoms with van der Waals surface area (Å²) in [5.74, 6) is -4.75. The van der Waals surface area contributed by atoms with Crippen LogP contribution in [0.4, 0.5) is 0 Å². The zero-order valence-electron chi connectivity index (χ0n) is 17.9. The van der Waals surface area contributed by atoms with E-state index in [4.69, 9.17) is 34.5 Å². The Morgan fingerprint density at radius 1 is 0.531 bits per heavy atom. The molecule has 0 spiro atoms. The molecular formula is C18H36O14. The molecule has 0 aliphatic carbocycles. The molecule has 14 nitrogen and oxygen atoms in total. The molecule has 0 aromatic heterocycles. The van der Waals surface area contributed by atoms with Crippen LogP contribution < -0.4 is 0 Å². The molecule has 14 heteroatoms. The van der Waals surface area contributed by atoms with Gasteiger partial charge in [0.15, 0.2) is 0 Å². The lowest BCUT2D eigenvalue weighted by Crippen LogP contribution is -2.03. The van der Waals surface area contributed by atoms with Crippen LogP contribution in [0.2, 0.25) is 0 Å². The number of esters is 4. The Labute approximate surface area is 187 Å². The van der Waals surface area contributed by atoms with E-state index in [2.05, 4.69) is 14.2 Å². The fraction of sp³-hybridized carbons (Fsp3) is 0.556. The van der Waals surface area contributed by atoms with E-state index in [1.807, 2.05) is 0 Å². The summed E-state index contributed by atoms with van der Waals surface area (Å²) in [6.07, 6.45) is 0. The first-order valence-corrected chi connectivity index (χ1v) is 7.30. The van der Waals surface area contributed by atoms with Crippen LogP contribution >= 0.6 is 0 Å². The van der Waals surface area contributed by atoms with Crippen LogP contribution in [0.15, 0.2) is 0 Å². The van der Waals surface area contributed by atoms with Crippen molar-refractivity contribution in [1.82, 2.24) is 0 Å². The second-order valence-electron chi connectivity index (χ2n) is 4.06. The van der Waals surface area contributed by atoms with Gasteiger partial charge in [0.2, 0.25) is 0 Å². The van der Waals surface area contributed by atoms with Crippen LogP contribution in [0, 0.1) is 0 Å². The number of ether oxygens (including phenoxy) is 3. The molecule has 192 valence electrons. The maximum absolute atomic E-state index is 9.81. The van der Waals surface area contributed by atoms with Crippen molar-refractivity contribution < 1.29 is 67.9 Å². The van der Waals surface area contributed by atoms with Gasteiger partial charge in [-0.05, 0) is 0 Å². The van der Waals surface area contributed by atoms with Gasteiger partial charge in [-0.25, -0.2) is 0 Å². The van der Waals surface area contributed by atoms with Crippen LogP contribution in [0.3, 0.4) is 0 Å². The zero-order valence-corrected chi connectivity index (χ0v) is 17.9. The number of hydrogen-bond acceptors (Lipinski definition) is 11. The Morgan fingerprint density at radius 3 is 0.625 bits per heavy atom. The molecule has 0 fully saturated rings. The van der Waals surface area contributed by atoms with Gasteiger partial charge in [0.25, 0.3) is 24.4 Å². The van der Waals surface area contributed by atoms with E-state index in [0.717, 1.165) is 20.8 Å². The van der Waals surface area contributed by atoms with Crippen molar-refractivity contribution in [3.8, 4) is 0 Å². The molecule has 0 saturated heterocycles. The number of hydrogen-bond donors (Lipinski definition) is 3. The average Bonchev–Trinajstić information content (AvgIpc) is 2.43. The monoisotopic (exact) mass is 476 g/mol. The first-order valence-electron chi connectivity index (χ1n) is 7.30. The quantitative estimate of drug-likeness (QED) is 0.211. The van der Waals surface area contributed by atoms with E-state index >= 15 is 0 Å². The molecule has 3 N–H and O–H groups in total. The molecule has 0 aliphatic rings. The van der Waals surface area contributed by atoms with Gasteiger partial charge in [-0.2, -0.15) is 0 Å². The van der Waals surface area contributed by atoms with Crippen LogP contribution in [-0.4, -0.2) is 70.7 Å². The highest BCUT2D eigenvalue weighted by Gasteiger charge is 1.94. The molecule has 0 aromatic rings. The van der Waals surface area contributed by atoms with Gasteiger partial charge in [0.05, 0.1) is 7.11 Å². The Kier molecular flexibility index (Phi) is 66.3. The first kappa shape index (κ1) is 51.1. The third-order valence-corrected chi connectivity index (χ3v) is 0.671. The van der Waals surface area contributed by atoms with Crippen molar-refractivity contribution in [2.75, 3.05) is 7.11 Å². The maximum Gasteiger partial charge on any atom is 0.310 e. The van der Waals surface area contributed by atoms with Gasteiger partial charge in [-0.3, -0.25) is 38.4 Å². The van der Waals surface area contributed by atoms with E-state index in [1.165, 1.54) is 34.8 Å². The zero-order chi connectivity index (χ0) is 25.9. The molecule has 0 aliphatic heterocycles. The number of carbonyl (C=O) groups excluding carboxylic acids is 5. The van der Waals surface area contributed by atoms with Crippen LogP contribution in [0.1, 0.15) is 63.3 Å². The second kappa shape index (κ2) is 41.5. The SMILES string of the molecule is C.C.CC(=O)O.CC(=O)O.CC(=O)O.CC(=O)OC(C)=O.CC(=O)OC(C)=O.COC=O. The molecule has 0 radical (unpaired) electrons. The standard InChI is InChI=1S/2C4H6O3.4C2H4O2.2CH4/c2*1-3(5)7-4(2)6;1-4-2-3;3*1-2(3)4;;/h2*1-2H3;2H,1H3;3*1H3,(H,3,4);2*1H4. The lowest BCUT2D eigenvalue weighted by molar-refractivity contribution is -0.158. The first-order chi connectivity index (χ1) is 13.4. The molecule has 0 amide bonds. The topological polar surface area (TPSA) is 225 Å². The lowest BCUT2D eigenvalue weighted by atomic mass is 10.7. The number of carboxylic acid groups (broad SMARTS) is 3. The smallest absolute Gasteiger partial charge is 0.310 e. The summed E-state index contributed by atoms with van der Waals surface area (Å²) in [5.41, 5.74) is 0. The molecule has 0 unspecified atom stereocenters. The van der Waals surface area contributed by atoms with E-state index < -0.39 is 41.8 Å². The summed E-state index contributed by atoms with van der Waals surface area (Å²) < 4.78 is 11.8. The highest BCUT2D eigenvalue weighted by molar-refractivity contribution is 5.82. The van der Waals surface area contributed by atoms with Gasteiger partial charge in [0.1, 0.15) is 0 Å². The summed E-state index contributed by atoms with van der Waals surface area (Å²) in [6, 6.07) is 0. The Hall–Kier alpha value is -3.84. The molecule has 0 rings (SSSR count). The Morgan fingerprint density at radius 2 is 0.625 bits per heavy atom. The number of carbonyl (C=O) groups is 8. The summed E-state index contributed by atoms with van der Waals surface area (Å²) in [7, 11) is 1.31. The van der Waals surface area contributed by atoms with Crippen molar-refractivity contribution in [3.63, 3.8) is 0 Å². The largest absolute Gasteiger partial charge is 0.481 e. The van der Waals surface area contributed by atoms with E-state index in [-0.39, 0.29) is 14.9 Å². The number of carboxylic acids is 3. The fourth-order valence-corrected chi connectivity index (χ4v) is 0.405. The number of rotatable bonds is 1. The van der Waals surface area contributed by atoms with Crippen LogP contribution in [0.5, 0.6) is 0 Å². The Balaban J connectivity index is -0.0000000363. The van der Waals surface area contributed by atoms with Gasteiger partial charge < -0.3 is 29.5 Å². The molecule has 0 saturated carbocycles. The van der Waals surface area contributed by atoms with Crippen LogP contribution in [-0.2, 0) is 52.6 Å². The lowest BCUT2D eigenvalue weighted by Gasteiger charge is -1.87. The summed E-state index contributed by atoms with van der Waals surface area (Å²) in [6.45, 7) is 8.35. The minimum Gasteiger partial charge on any atom is -0.481 e. The third kappa shape index (κ3) is 622. The normalized spacial score (nSPS) is 6.38. The van der Waals surface area contributed by atoms with Gasteiger partial charge >= 0.3 is 23.9 Å². The molecule has 32 heavy (non-hydrogen) atoms. The summed E-state index contributed by atoms with van der Waals surface area (Å²) in [5, 5.41) is 22.2. The minimum absolute atomic E-state index is 0. The Bertz CT molecular complexity index is 447. The minimum atomic E-state index is -0.833. The van der Waals surface area contributed by atoms with Gasteiger partial charge in [0, 0.05) is 48.5 Å². The van der Waals surface area contributed by atoms with E-state index in [9.17, 15) is 19.2 Å². The van der Waals surface area contributed by atoms with Gasteiger partial charge in [-0.1, -0.05) is 14.9 Å². The highest BCUT2D eigenvalue weighted by Crippen LogP contribution is 1.74. The molecule has 0 atom stereocenters. The van der Waals surface area contributed by atoms with Crippen LogP contribution in [0.25, 0.3) is 0 Å². The second-order valence-corrected chi connectivity index (χ2v) is 4.06. The van der Waals surface area contributed by atoms with E-state index in [1.54, 1.807) is 0 Å². The third-order valence-electron chi connectivity index (χ3n) is 0.671. The summed E-state index contributed by atoms with van der Waals surface area (Å²) in [4.78, 5) is 75.2. The average molecular weight is 476 g/mol. The number of aliphatic carboxylic acids is 3. The van der Waals surface area contributed by atoms with Crippen molar-refractivity contribution in [1.29, 1.82) is 0 Å². The predicted octanol–water partition coefficient (Wildman–Crippen LogP) is 1.53. The summed E-state index contributed by atoms with van der Waals surface area (Å²) >= 11 is 0. The van der Waals surface area contributed by atoms with Crippen molar-refractivity contribution in [2.24, 2.45) is 0 Å². The maximum atomic E-state index is 9.81. The molecular weight excluding hydrogens is 440 g/mol. The van der Waals surface area contributed by atoms with Crippen molar-refractivity contribution in [2.45, 2.75) is 63.3 Å². The molecule has 0 bridgehead atoms. The molecule has 0 heterocycles. The van der Waals surface area contributed by atoms with Crippen molar-refractivity contribution in [3.05, 3.63) is 0 Å². The molecule has 0 aromatic carbocycles. The number of methoxy groups -OCH3 is 1. The van der Waals surface area contributed by atoms with E-state index in [0.29, 0.717) is 6.47 Å².